The lowest BCUT2D eigenvalue weighted by atomic mass is 9.60. The smallest absolute Gasteiger partial charge is 0.319 e. The second-order valence-electron chi connectivity index (χ2n) is 9.97. The molecule has 3 amide bonds. The molecule has 0 radical (unpaired) electrons. The lowest BCUT2D eigenvalue weighted by Gasteiger charge is -2.47. The van der Waals surface area contributed by atoms with Crippen molar-refractivity contribution in [2.45, 2.75) is 45.6 Å². The van der Waals surface area contributed by atoms with Gasteiger partial charge in [-0.3, -0.25) is 14.7 Å². The molecule has 4 fully saturated rings. The molecule has 5 rings (SSSR count). The molecule has 1 aromatic rings. The summed E-state index contributed by atoms with van der Waals surface area (Å²) in [5, 5.41) is 0. The molecule has 7 nitrogen and oxygen atoms in total. The lowest BCUT2D eigenvalue weighted by Crippen LogP contribution is -2.55. The van der Waals surface area contributed by atoms with E-state index in [-0.39, 0.29) is 16.9 Å². The van der Waals surface area contributed by atoms with Crippen molar-refractivity contribution in [3.8, 4) is 0 Å². The zero-order chi connectivity index (χ0) is 21.5. The zero-order valence-electron chi connectivity index (χ0n) is 18.8. The maximum Gasteiger partial charge on any atom is 0.319 e. The highest BCUT2D eigenvalue weighted by atomic mass is 16.2. The highest BCUT2D eigenvalue weighted by Gasteiger charge is 2.65. The first-order chi connectivity index (χ1) is 15.1. The van der Waals surface area contributed by atoms with Gasteiger partial charge in [0.05, 0.1) is 5.41 Å². The van der Waals surface area contributed by atoms with E-state index >= 15 is 0 Å². The largest absolute Gasteiger partial charge is 0.342 e. The molecule has 0 N–H and O–H groups in total. The number of fused-ring (bicyclic) bond motifs is 1. The Balaban J connectivity index is 1.36. The van der Waals surface area contributed by atoms with Crippen LogP contribution in [-0.4, -0.2) is 88.9 Å². The van der Waals surface area contributed by atoms with E-state index in [1.807, 2.05) is 28.3 Å². The van der Waals surface area contributed by atoms with Gasteiger partial charge in [-0.2, -0.15) is 0 Å². The van der Waals surface area contributed by atoms with Crippen molar-refractivity contribution in [3.63, 3.8) is 0 Å². The monoisotopic (exact) mass is 425 g/mol. The van der Waals surface area contributed by atoms with Gasteiger partial charge in [0.25, 0.3) is 0 Å². The van der Waals surface area contributed by atoms with Gasteiger partial charge in [0.1, 0.15) is 0 Å². The second kappa shape index (κ2) is 8.08. The summed E-state index contributed by atoms with van der Waals surface area (Å²) in [6, 6.07) is 4.31. The minimum atomic E-state index is -0.298. The minimum Gasteiger partial charge on any atom is -0.342 e. The molecule has 0 bridgehead atoms. The molecule has 4 saturated heterocycles. The maximum atomic E-state index is 13.7. The molecule has 2 spiro atoms. The van der Waals surface area contributed by atoms with E-state index in [1.54, 1.807) is 0 Å². The maximum absolute atomic E-state index is 13.7. The van der Waals surface area contributed by atoms with Crippen LogP contribution in [-0.2, 0) is 11.3 Å². The molecule has 4 aliphatic heterocycles. The molecule has 0 aromatic carbocycles. The fraction of sp³-hybridized carbons (Fsp3) is 0.708. The first-order valence-electron chi connectivity index (χ1n) is 12.0. The number of rotatable bonds is 3. The standard InChI is InChI=1S/C24H35N5O2/c1-2-27-15-9-24(21(27)30)19-26(17-20-6-5-10-25-16-20)18-23(24)7-13-29(14-8-23)22(31)28-11-3-4-12-28/h5-6,10,16H,2-4,7-9,11-15,17-19H2,1H3/t24-/m0/s1. The number of likely N-dealkylation sites (tertiary alicyclic amines) is 4. The Hall–Kier alpha value is -2.15. The summed E-state index contributed by atoms with van der Waals surface area (Å²) in [5.74, 6) is 0.350. The molecule has 7 heteroatoms. The third-order valence-electron chi connectivity index (χ3n) is 8.42. The van der Waals surface area contributed by atoms with Crippen molar-refractivity contribution in [1.29, 1.82) is 0 Å². The van der Waals surface area contributed by atoms with Crippen LogP contribution < -0.4 is 0 Å². The SMILES string of the molecule is CCN1CC[C@]2(CN(Cc3cccnc3)CC23CCN(C(=O)N2CCCC2)CC3)C1=O. The molecule has 5 heterocycles. The molecule has 1 aromatic heterocycles. The Bertz CT molecular complexity index is 817. The second-order valence-corrected chi connectivity index (χ2v) is 9.97. The van der Waals surface area contributed by atoms with Crippen LogP contribution in [0.2, 0.25) is 0 Å². The quantitative estimate of drug-likeness (QED) is 0.746. The Labute approximate surface area is 185 Å². The van der Waals surface area contributed by atoms with Crippen molar-refractivity contribution < 1.29 is 9.59 Å². The number of carbonyl (C=O) groups excluding carboxylic acids is 2. The van der Waals surface area contributed by atoms with Crippen LogP contribution in [0, 0.1) is 10.8 Å². The van der Waals surface area contributed by atoms with Crippen molar-refractivity contribution in [1.82, 2.24) is 24.6 Å². The van der Waals surface area contributed by atoms with Gasteiger partial charge in [-0.1, -0.05) is 6.07 Å². The average molecular weight is 426 g/mol. The van der Waals surface area contributed by atoms with Crippen LogP contribution >= 0.6 is 0 Å². The molecule has 4 aliphatic rings. The summed E-state index contributed by atoms with van der Waals surface area (Å²) >= 11 is 0. The number of piperidine rings is 1. The molecule has 31 heavy (non-hydrogen) atoms. The van der Waals surface area contributed by atoms with Crippen LogP contribution in [0.1, 0.15) is 44.6 Å². The van der Waals surface area contributed by atoms with E-state index in [1.165, 1.54) is 5.56 Å². The van der Waals surface area contributed by atoms with E-state index in [0.717, 1.165) is 91.0 Å². The van der Waals surface area contributed by atoms with E-state index in [9.17, 15) is 9.59 Å². The Kier molecular flexibility index (Phi) is 5.40. The zero-order valence-corrected chi connectivity index (χ0v) is 18.8. The van der Waals surface area contributed by atoms with Crippen LogP contribution in [0.4, 0.5) is 4.79 Å². The molecule has 1 atom stereocenters. The molecular formula is C24H35N5O2. The van der Waals surface area contributed by atoms with E-state index in [0.29, 0.717) is 5.91 Å². The minimum absolute atomic E-state index is 0.0298. The van der Waals surface area contributed by atoms with Crippen LogP contribution in [0.3, 0.4) is 0 Å². The summed E-state index contributed by atoms with van der Waals surface area (Å²) in [6.07, 6.45) is 8.80. The summed E-state index contributed by atoms with van der Waals surface area (Å²) in [5.41, 5.74) is 0.876. The molecule has 0 saturated carbocycles. The first-order valence-corrected chi connectivity index (χ1v) is 12.0. The van der Waals surface area contributed by atoms with Crippen LogP contribution in [0.25, 0.3) is 0 Å². The number of hydrogen-bond donors (Lipinski definition) is 0. The van der Waals surface area contributed by atoms with Gasteiger partial charge in [-0.25, -0.2) is 4.79 Å². The van der Waals surface area contributed by atoms with Crippen molar-refractivity contribution >= 4 is 11.9 Å². The number of amides is 3. The lowest BCUT2D eigenvalue weighted by molar-refractivity contribution is -0.141. The predicted octanol–water partition coefficient (Wildman–Crippen LogP) is 2.43. The van der Waals surface area contributed by atoms with Gasteiger partial charge < -0.3 is 14.7 Å². The topological polar surface area (TPSA) is 60.0 Å². The Morgan fingerprint density at radius 1 is 1.03 bits per heavy atom. The number of hydrogen-bond acceptors (Lipinski definition) is 4. The summed E-state index contributed by atoms with van der Waals surface area (Å²) in [6.45, 7) is 9.70. The third kappa shape index (κ3) is 3.41. The number of aromatic nitrogens is 1. The summed E-state index contributed by atoms with van der Waals surface area (Å²) < 4.78 is 0. The van der Waals surface area contributed by atoms with Gasteiger partial charge in [0.2, 0.25) is 5.91 Å². The average Bonchev–Trinajstić information content (AvgIpc) is 3.50. The summed E-state index contributed by atoms with van der Waals surface area (Å²) in [7, 11) is 0. The number of urea groups is 1. The normalized spacial score (nSPS) is 28.4. The van der Waals surface area contributed by atoms with Crippen molar-refractivity contribution in [2.75, 3.05) is 52.4 Å². The highest BCUT2D eigenvalue weighted by Crippen LogP contribution is 2.58. The van der Waals surface area contributed by atoms with Crippen LogP contribution in [0.15, 0.2) is 24.5 Å². The molecule has 0 unspecified atom stereocenters. The van der Waals surface area contributed by atoms with Gasteiger partial charge in [0, 0.05) is 76.7 Å². The van der Waals surface area contributed by atoms with E-state index < -0.39 is 0 Å². The number of carbonyl (C=O) groups is 2. The van der Waals surface area contributed by atoms with Crippen LogP contribution in [0.5, 0.6) is 0 Å². The van der Waals surface area contributed by atoms with Crippen molar-refractivity contribution in [3.05, 3.63) is 30.1 Å². The summed E-state index contributed by atoms with van der Waals surface area (Å²) in [4.78, 5) is 39.5. The van der Waals surface area contributed by atoms with Gasteiger partial charge in [0.15, 0.2) is 0 Å². The van der Waals surface area contributed by atoms with Gasteiger partial charge >= 0.3 is 6.03 Å². The Morgan fingerprint density at radius 3 is 2.42 bits per heavy atom. The number of nitrogens with zero attached hydrogens (tertiary/aromatic N) is 5. The molecule has 168 valence electrons. The van der Waals surface area contributed by atoms with Gasteiger partial charge in [-0.05, 0) is 50.7 Å². The number of pyridine rings is 1. The van der Waals surface area contributed by atoms with E-state index in [4.69, 9.17) is 0 Å². The highest BCUT2D eigenvalue weighted by molar-refractivity contribution is 5.87. The van der Waals surface area contributed by atoms with E-state index in [2.05, 4.69) is 27.8 Å². The van der Waals surface area contributed by atoms with Crippen molar-refractivity contribution in [2.24, 2.45) is 10.8 Å². The molecule has 0 aliphatic carbocycles. The fourth-order valence-corrected chi connectivity index (χ4v) is 6.69. The molecular weight excluding hydrogens is 390 g/mol. The predicted molar refractivity (Wildman–Crippen MR) is 118 cm³/mol. The third-order valence-corrected chi connectivity index (χ3v) is 8.42. The van der Waals surface area contributed by atoms with Gasteiger partial charge in [-0.15, -0.1) is 0 Å². The Morgan fingerprint density at radius 2 is 1.77 bits per heavy atom. The fourth-order valence-electron chi connectivity index (χ4n) is 6.69. The first kappa shape index (κ1) is 20.7.